The molecule has 17 heavy (non-hydrogen) atoms. The minimum Gasteiger partial charge on any atom is -0.393 e. The van der Waals surface area contributed by atoms with Gasteiger partial charge in [-0.25, -0.2) is 8.78 Å². The first-order valence-electron chi connectivity index (χ1n) is 7.07. The molecule has 0 saturated heterocycles. The van der Waals surface area contributed by atoms with Gasteiger partial charge >= 0.3 is 0 Å². The highest BCUT2D eigenvalue weighted by atomic mass is 19.3. The third-order valence-corrected chi connectivity index (χ3v) is 4.81. The number of halogens is 2. The van der Waals surface area contributed by atoms with Crippen molar-refractivity contribution in [2.24, 2.45) is 17.8 Å². The molecule has 2 aliphatic rings. The van der Waals surface area contributed by atoms with Crippen LogP contribution < -0.4 is 0 Å². The molecule has 0 bridgehead atoms. The highest BCUT2D eigenvalue weighted by Crippen LogP contribution is 2.44. The Labute approximate surface area is 103 Å². The number of hydrogen-bond acceptors (Lipinski definition) is 1. The van der Waals surface area contributed by atoms with E-state index in [0.717, 1.165) is 25.7 Å². The molecule has 2 saturated carbocycles. The van der Waals surface area contributed by atoms with E-state index in [-0.39, 0.29) is 24.7 Å². The first-order valence-corrected chi connectivity index (χ1v) is 7.07. The van der Waals surface area contributed by atoms with Gasteiger partial charge in [0.15, 0.2) is 0 Å². The van der Waals surface area contributed by atoms with Crippen LogP contribution in [0.3, 0.4) is 0 Å². The Morgan fingerprint density at radius 2 is 2.00 bits per heavy atom. The number of aliphatic hydroxyl groups excluding tert-OH is 1. The van der Waals surface area contributed by atoms with Gasteiger partial charge in [0.05, 0.1) is 6.10 Å². The Morgan fingerprint density at radius 1 is 1.24 bits per heavy atom. The molecule has 2 rings (SSSR count). The maximum absolute atomic E-state index is 13.2. The fourth-order valence-corrected chi connectivity index (χ4v) is 3.67. The summed E-state index contributed by atoms with van der Waals surface area (Å²) in [5, 5.41) is 10.3. The van der Waals surface area contributed by atoms with Crippen molar-refractivity contribution >= 4 is 0 Å². The molecule has 0 aromatic carbocycles. The smallest absolute Gasteiger partial charge is 0.248 e. The van der Waals surface area contributed by atoms with Gasteiger partial charge in [-0.1, -0.05) is 26.2 Å². The van der Waals surface area contributed by atoms with Crippen molar-refractivity contribution in [2.45, 2.75) is 70.3 Å². The molecule has 0 amide bonds. The lowest BCUT2D eigenvalue weighted by molar-refractivity contribution is -0.0200. The molecule has 1 nitrogen and oxygen atoms in total. The molecule has 0 aliphatic heterocycles. The van der Waals surface area contributed by atoms with Gasteiger partial charge in [-0.3, -0.25) is 0 Å². The van der Waals surface area contributed by atoms with Crippen LogP contribution in [0.4, 0.5) is 8.78 Å². The second-order valence-electron chi connectivity index (χ2n) is 6.05. The lowest BCUT2D eigenvalue weighted by Gasteiger charge is -2.34. The normalized spacial score (nSPS) is 39.2. The Hall–Kier alpha value is -0.180. The summed E-state index contributed by atoms with van der Waals surface area (Å²) in [6.45, 7) is 2.18. The van der Waals surface area contributed by atoms with Crippen molar-refractivity contribution in [3.8, 4) is 0 Å². The van der Waals surface area contributed by atoms with Crippen LogP contribution in [-0.4, -0.2) is 17.1 Å². The molecule has 0 radical (unpaired) electrons. The van der Waals surface area contributed by atoms with E-state index in [1.54, 1.807) is 0 Å². The standard InChI is InChI=1S/C14H24F2O/c1-2-10-4-3-5-11(8-10)13(17)12-6-7-14(15,16)9-12/h10-13,17H,2-9H2,1H3. The predicted molar refractivity (Wildman–Crippen MR) is 64.0 cm³/mol. The Morgan fingerprint density at radius 3 is 2.59 bits per heavy atom. The number of aliphatic hydroxyl groups is 1. The molecule has 0 aromatic rings. The van der Waals surface area contributed by atoms with Crippen molar-refractivity contribution in [1.82, 2.24) is 0 Å². The third kappa shape index (κ3) is 3.18. The molecule has 3 heteroatoms. The van der Waals surface area contributed by atoms with Crippen LogP contribution in [0.2, 0.25) is 0 Å². The SMILES string of the molecule is CCC1CCCC(C(O)C2CCC(F)(F)C2)C1. The lowest BCUT2D eigenvalue weighted by atomic mass is 9.74. The van der Waals surface area contributed by atoms with Crippen molar-refractivity contribution in [3.63, 3.8) is 0 Å². The Bertz CT molecular complexity index is 255. The van der Waals surface area contributed by atoms with E-state index < -0.39 is 12.0 Å². The third-order valence-electron chi connectivity index (χ3n) is 4.81. The van der Waals surface area contributed by atoms with Crippen molar-refractivity contribution < 1.29 is 13.9 Å². The first kappa shape index (κ1) is 13.3. The van der Waals surface area contributed by atoms with Gasteiger partial charge in [0.2, 0.25) is 5.92 Å². The summed E-state index contributed by atoms with van der Waals surface area (Å²) in [6, 6.07) is 0. The highest BCUT2D eigenvalue weighted by molar-refractivity contribution is 4.89. The zero-order valence-corrected chi connectivity index (χ0v) is 10.7. The maximum atomic E-state index is 13.2. The zero-order valence-electron chi connectivity index (χ0n) is 10.7. The van der Waals surface area contributed by atoms with E-state index in [0.29, 0.717) is 12.3 Å². The average molecular weight is 246 g/mol. The van der Waals surface area contributed by atoms with Gasteiger partial charge < -0.3 is 5.11 Å². The molecule has 0 heterocycles. The number of rotatable bonds is 3. The van der Waals surface area contributed by atoms with Crippen molar-refractivity contribution in [3.05, 3.63) is 0 Å². The molecule has 0 spiro atoms. The van der Waals surface area contributed by atoms with E-state index in [1.807, 2.05) is 0 Å². The Kier molecular flexibility index (Phi) is 4.06. The molecule has 100 valence electrons. The van der Waals surface area contributed by atoms with Crippen LogP contribution >= 0.6 is 0 Å². The number of alkyl halides is 2. The zero-order chi connectivity index (χ0) is 12.5. The maximum Gasteiger partial charge on any atom is 0.248 e. The van der Waals surface area contributed by atoms with Crippen LogP contribution in [0.1, 0.15) is 58.3 Å². The van der Waals surface area contributed by atoms with Gasteiger partial charge in [0.25, 0.3) is 0 Å². The topological polar surface area (TPSA) is 20.2 Å². The van der Waals surface area contributed by atoms with Crippen LogP contribution in [-0.2, 0) is 0 Å². The molecule has 4 atom stereocenters. The molecule has 0 aromatic heterocycles. The molecule has 2 aliphatic carbocycles. The van der Waals surface area contributed by atoms with Gasteiger partial charge in [0, 0.05) is 12.8 Å². The van der Waals surface area contributed by atoms with Gasteiger partial charge in [-0.05, 0) is 37.0 Å². The second kappa shape index (κ2) is 5.21. The predicted octanol–water partition coefficient (Wildman–Crippen LogP) is 4.00. The summed E-state index contributed by atoms with van der Waals surface area (Å²) in [6.07, 6.45) is 5.52. The minimum absolute atomic E-state index is 0.0291. The molecular formula is C14H24F2O. The van der Waals surface area contributed by atoms with E-state index in [4.69, 9.17) is 0 Å². The van der Waals surface area contributed by atoms with E-state index in [2.05, 4.69) is 6.92 Å². The van der Waals surface area contributed by atoms with E-state index >= 15 is 0 Å². The first-order chi connectivity index (χ1) is 8.02. The fraction of sp³-hybridized carbons (Fsp3) is 1.00. The summed E-state index contributed by atoms with van der Waals surface area (Å²) >= 11 is 0. The Balaban J connectivity index is 1.89. The number of hydrogen-bond donors (Lipinski definition) is 1. The van der Waals surface area contributed by atoms with Crippen LogP contribution in [0.5, 0.6) is 0 Å². The summed E-state index contributed by atoms with van der Waals surface area (Å²) in [5.41, 5.74) is 0. The van der Waals surface area contributed by atoms with Gasteiger partial charge in [-0.2, -0.15) is 0 Å². The van der Waals surface area contributed by atoms with Crippen LogP contribution in [0.25, 0.3) is 0 Å². The fourth-order valence-electron chi connectivity index (χ4n) is 3.67. The van der Waals surface area contributed by atoms with Gasteiger partial charge in [0.1, 0.15) is 0 Å². The monoisotopic (exact) mass is 246 g/mol. The van der Waals surface area contributed by atoms with E-state index in [1.165, 1.54) is 6.42 Å². The summed E-state index contributed by atoms with van der Waals surface area (Å²) in [4.78, 5) is 0. The second-order valence-corrected chi connectivity index (χ2v) is 6.05. The quantitative estimate of drug-likeness (QED) is 0.798. The largest absolute Gasteiger partial charge is 0.393 e. The van der Waals surface area contributed by atoms with Crippen molar-refractivity contribution in [1.29, 1.82) is 0 Å². The molecule has 1 N–H and O–H groups in total. The average Bonchev–Trinajstić information content (AvgIpc) is 2.69. The lowest BCUT2D eigenvalue weighted by Crippen LogP contribution is -2.32. The molecular weight excluding hydrogens is 222 g/mol. The summed E-state index contributed by atoms with van der Waals surface area (Å²) in [7, 11) is 0. The molecule has 2 fully saturated rings. The minimum atomic E-state index is -2.52. The van der Waals surface area contributed by atoms with Crippen molar-refractivity contribution in [2.75, 3.05) is 0 Å². The summed E-state index contributed by atoms with van der Waals surface area (Å²) in [5.74, 6) is -1.71. The summed E-state index contributed by atoms with van der Waals surface area (Å²) < 4.78 is 26.3. The van der Waals surface area contributed by atoms with E-state index in [9.17, 15) is 13.9 Å². The highest BCUT2D eigenvalue weighted by Gasteiger charge is 2.44. The van der Waals surface area contributed by atoms with Gasteiger partial charge in [-0.15, -0.1) is 0 Å². The van der Waals surface area contributed by atoms with Crippen LogP contribution in [0, 0.1) is 17.8 Å². The van der Waals surface area contributed by atoms with Crippen LogP contribution in [0.15, 0.2) is 0 Å². The molecule has 4 unspecified atom stereocenters.